The minimum atomic E-state index is -0.0929. The Bertz CT molecular complexity index is 459. The Morgan fingerprint density at radius 3 is 2.90 bits per heavy atom. The highest BCUT2D eigenvalue weighted by atomic mass is 16.6. The van der Waals surface area contributed by atoms with Crippen LogP contribution < -0.4 is 0 Å². The fourth-order valence-corrected chi connectivity index (χ4v) is 3.94. The van der Waals surface area contributed by atoms with Crippen molar-refractivity contribution in [2.45, 2.75) is 57.3 Å². The largest absolute Gasteiger partial charge is 0.459 e. The normalized spacial score (nSPS) is 45.4. The molecule has 21 heavy (non-hydrogen) atoms. The van der Waals surface area contributed by atoms with Gasteiger partial charge in [0, 0.05) is 12.5 Å². The quantitative estimate of drug-likeness (QED) is 0.445. The van der Waals surface area contributed by atoms with Crippen LogP contribution in [0.2, 0.25) is 0 Å². The van der Waals surface area contributed by atoms with Gasteiger partial charge < -0.3 is 14.4 Å². The van der Waals surface area contributed by atoms with Crippen LogP contribution in [0.3, 0.4) is 0 Å². The third kappa shape index (κ3) is 2.88. The summed E-state index contributed by atoms with van der Waals surface area (Å²) < 4.78 is 11.7. The van der Waals surface area contributed by atoms with Crippen LogP contribution in [-0.2, 0) is 14.3 Å². The molecule has 0 amide bonds. The molecule has 0 unspecified atom stereocenters. The zero-order chi connectivity index (χ0) is 15.2. The lowest BCUT2D eigenvalue weighted by atomic mass is 9.80. The Morgan fingerprint density at radius 2 is 2.19 bits per heavy atom. The van der Waals surface area contributed by atoms with Gasteiger partial charge >= 0.3 is 5.97 Å². The molecule has 0 saturated carbocycles. The summed E-state index contributed by atoms with van der Waals surface area (Å²) in [6, 6.07) is 0. The van der Waals surface area contributed by atoms with Gasteiger partial charge in [0.25, 0.3) is 0 Å². The average molecular weight is 293 g/mol. The minimum Gasteiger partial charge on any atom is -0.459 e. The van der Waals surface area contributed by atoms with Crippen molar-refractivity contribution in [2.24, 2.45) is 11.8 Å². The van der Waals surface area contributed by atoms with Crippen molar-refractivity contribution in [3.63, 3.8) is 0 Å². The van der Waals surface area contributed by atoms with E-state index in [-0.39, 0.29) is 35.6 Å². The Morgan fingerprint density at radius 1 is 1.43 bits per heavy atom. The van der Waals surface area contributed by atoms with Crippen molar-refractivity contribution in [2.75, 3.05) is 20.6 Å². The molecule has 2 saturated heterocycles. The fourth-order valence-electron chi connectivity index (χ4n) is 3.94. The molecule has 0 bridgehead atoms. The first-order valence-electron chi connectivity index (χ1n) is 8.09. The van der Waals surface area contributed by atoms with Crippen LogP contribution in [0.1, 0.15) is 39.5 Å². The third-order valence-corrected chi connectivity index (χ3v) is 5.30. The maximum Gasteiger partial charge on any atom is 0.311 e. The zero-order valence-electron chi connectivity index (χ0n) is 13.6. The third-order valence-electron chi connectivity index (χ3n) is 5.30. The van der Waals surface area contributed by atoms with Crippen LogP contribution in [0, 0.1) is 11.8 Å². The van der Waals surface area contributed by atoms with E-state index in [1.807, 2.05) is 14.1 Å². The van der Waals surface area contributed by atoms with Crippen molar-refractivity contribution in [1.29, 1.82) is 0 Å². The molecule has 0 aromatic carbocycles. The summed E-state index contributed by atoms with van der Waals surface area (Å²) in [5.74, 6) is 0.247. The number of esters is 1. The van der Waals surface area contributed by atoms with Crippen molar-refractivity contribution in [3.8, 4) is 0 Å². The molecular formula is C17H27NO3. The molecule has 2 fully saturated rings. The van der Waals surface area contributed by atoms with E-state index in [1.165, 1.54) is 5.57 Å². The second kappa shape index (κ2) is 5.40. The van der Waals surface area contributed by atoms with Gasteiger partial charge in [-0.3, -0.25) is 4.79 Å². The lowest BCUT2D eigenvalue weighted by molar-refractivity contribution is -0.145. The van der Waals surface area contributed by atoms with Crippen LogP contribution in [-0.4, -0.2) is 49.3 Å². The Hall–Kier alpha value is -0.870. The first-order chi connectivity index (χ1) is 9.90. The minimum absolute atomic E-state index is 0.00863. The molecule has 0 aromatic rings. The van der Waals surface area contributed by atoms with Gasteiger partial charge in [0.2, 0.25) is 0 Å². The maximum atomic E-state index is 12.3. The van der Waals surface area contributed by atoms with Gasteiger partial charge in [0.1, 0.15) is 12.2 Å². The van der Waals surface area contributed by atoms with Gasteiger partial charge in [0.15, 0.2) is 0 Å². The van der Waals surface area contributed by atoms with Gasteiger partial charge in [-0.2, -0.15) is 0 Å². The fraction of sp³-hybridized carbons (Fsp3) is 0.824. The molecule has 0 radical (unpaired) electrons. The van der Waals surface area contributed by atoms with Crippen LogP contribution in [0.25, 0.3) is 0 Å². The number of epoxide rings is 1. The van der Waals surface area contributed by atoms with Crippen LogP contribution in [0.4, 0.5) is 0 Å². The predicted octanol–water partition coefficient (Wildman–Crippen LogP) is 2.38. The summed E-state index contributed by atoms with van der Waals surface area (Å²) in [7, 11) is 4.04. The number of carbonyl (C=O) groups excluding carboxylic acids is 1. The molecule has 0 aromatic heterocycles. The highest BCUT2D eigenvalue weighted by molar-refractivity contribution is 5.75. The van der Waals surface area contributed by atoms with E-state index in [0.717, 1.165) is 32.2 Å². The van der Waals surface area contributed by atoms with E-state index in [0.29, 0.717) is 0 Å². The van der Waals surface area contributed by atoms with Crippen molar-refractivity contribution >= 4 is 5.97 Å². The summed E-state index contributed by atoms with van der Waals surface area (Å²) in [5.41, 5.74) is 1.34. The van der Waals surface area contributed by atoms with E-state index in [1.54, 1.807) is 0 Å². The lowest BCUT2D eigenvalue weighted by Crippen LogP contribution is -2.34. The van der Waals surface area contributed by atoms with Gasteiger partial charge in [0.05, 0.1) is 11.5 Å². The number of hydrogen-bond acceptors (Lipinski definition) is 4. The predicted molar refractivity (Wildman–Crippen MR) is 80.9 cm³/mol. The maximum absolute atomic E-state index is 12.3. The molecule has 3 rings (SSSR count). The second-order valence-electron chi connectivity index (χ2n) is 7.41. The highest BCUT2D eigenvalue weighted by Gasteiger charge is 2.62. The number of ether oxygens (including phenoxy) is 2. The first-order valence-corrected chi connectivity index (χ1v) is 8.09. The molecule has 4 heteroatoms. The number of nitrogens with zero attached hydrogens (tertiary/aromatic N) is 1. The van der Waals surface area contributed by atoms with E-state index in [4.69, 9.17) is 9.47 Å². The molecule has 1 aliphatic carbocycles. The van der Waals surface area contributed by atoms with E-state index in [2.05, 4.69) is 24.8 Å². The van der Waals surface area contributed by atoms with Gasteiger partial charge in [-0.15, -0.1) is 0 Å². The number of fused-ring (bicyclic) bond motifs is 3. The molecule has 118 valence electrons. The van der Waals surface area contributed by atoms with Crippen molar-refractivity contribution < 1.29 is 14.3 Å². The summed E-state index contributed by atoms with van der Waals surface area (Å²) in [6.45, 7) is 5.13. The topological polar surface area (TPSA) is 42.1 Å². The summed E-state index contributed by atoms with van der Waals surface area (Å²) in [5, 5.41) is 0. The van der Waals surface area contributed by atoms with Gasteiger partial charge in [-0.25, -0.2) is 0 Å². The molecule has 2 aliphatic heterocycles. The standard InChI is InChI=1S/C17H27NO3/c1-11-6-5-9-17(2)15(21-17)14-12(8-7-11)13(10-18(3)4)16(19)20-14/h6,12-15H,5,7-10H2,1-4H3/b11-6+/t12-,13+,14-,15+,17+/m0/s1. The van der Waals surface area contributed by atoms with Crippen LogP contribution >= 0.6 is 0 Å². The molecule has 3 aliphatic rings. The first kappa shape index (κ1) is 15.0. The Kier molecular flexibility index (Phi) is 3.87. The Labute approximate surface area is 127 Å². The smallest absolute Gasteiger partial charge is 0.311 e. The Balaban J connectivity index is 1.83. The van der Waals surface area contributed by atoms with E-state index < -0.39 is 0 Å². The lowest BCUT2D eigenvalue weighted by Gasteiger charge is -2.23. The molecule has 0 N–H and O–H groups in total. The van der Waals surface area contributed by atoms with Crippen molar-refractivity contribution in [3.05, 3.63) is 11.6 Å². The number of carbonyl (C=O) groups is 1. The molecule has 2 heterocycles. The number of hydrogen-bond donors (Lipinski definition) is 0. The van der Waals surface area contributed by atoms with E-state index >= 15 is 0 Å². The second-order valence-corrected chi connectivity index (χ2v) is 7.41. The monoisotopic (exact) mass is 293 g/mol. The van der Waals surface area contributed by atoms with Gasteiger partial charge in [-0.1, -0.05) is 11.6 Å². The van der Waals surface area contributed by atoms with E-state index in [9.17, 15) is 4.79 Å². The molecular weight excluding hydrogens is 266 g/mol. The number of rotatable bonds is 2. The average Bonchev–Trinajstić information content (AvgIpc) is 2.97. The summed E-state index contributed by atoms with van der Waals surface area (Å²) in [6.07, 6.45) is 6.56. The number of allylic oxidation sites excluding steroid dienone is 2. The summed E-state index contributed by atoms with van der Waals surface area (Å²) in [4.78, 5) is 14.4. The summed E-state index contributed by atoms with van der Waals surface area (Å²) >= 11 is 0. The van der Waals surface area contributed by atoms with Gasteiger partial charge in [-0.05, 0) is 53.6 Å². The highest BCUT2D eigenvalue weighted by Crippen LogP contribution is 2.50. The molecule has 4 nitrogen and oxygen atoms in total. The SMILES string of the molecule is C/C1=C\CC[C@@]2(C)O[C@@H]2[C@H]2OC(=O)[C@H](CN(C)C)[C@@H]2CC1. The van der Waals surface area contributed by atoms with Crippen LogP contribution in [0.5, 0.6) is 0 Å². The zero-order valence-corrected chi connectivity index (χ0v) is 13.6. The molecule has 5 atom stereocenters. The molecule has 0 spiro atoms. The van der Waals surface area contributed by atoms with Crippen molar-refractivity contribution in [1.82, 2.24) is 4.90 Å². The van der Waals surface area contributed by atoms with Crippen LogP contribution in [0.15, 0.2) is 11.6 Å².